The molecule has 0 aliphatic carbocycles. The molecule has 0 aromatic heterocycles. The van der Waals surface area contributed by atoms with Crippen LogP contribution in [-0.4, -0.2) is 49.9 Å². The van der Waals surface area contributed by atoms with Crippen molar-refractivity contribution in [1.82, 2.24) is 15.8 Å². The Balaban J connectivity index is 1.73. The lowest BCUT2D eigenvalue weighted by Crippen LogP contribution is -2.63. The van der Waals surface area contributed by atoms with Crippen molar-refractivity contribution in [2.24, 2.45) is 5.92 Å². The van der Waals surface area contributed by atoms with Gasteiger partial charge >= 0.3 is 6.18 Å². The van der Waals surface area contributed by atoms with Gasteiger partial charge in [0.1, 0.15) is 12.4 Å². The third kappa shape index (κ3) is 3.88. The molecule has 2 aliphatic heterocycles. The molecule has 2 atom stereocenters. The van der Waals surface area contributed by atoms with Crippen molar-refractivity contribution in [3.8, 4) is 5.75 Å². The summed E-state index contributed by atoms with van der Waals surface area (Å²) >= 11 is 0. The van der Waals surface area contributed by atoms with Gasteiger partial charge in [0.25, 0.3) is 0 Å². The zero-order valence-corrected chi connectivity index (χ0v) is 13.7. The summed E-state index contributed by atoms with van der Waals surface area (Å²) in [6.07, 6.45) is -4.58. The fraction of sp³-hybridized carbons (Fsp3) is 0.562. The van der Waals surface area contributed by atoms with Crippen molar-refractivity contribution in [1.29, 1.82) is 0 Å². The number of hydrogen-bond donors (Lipinski definition) is 2. The van der Waals surface area contributed by atoms with Crippen molar-refractivity contribution in [2.45, 2.75) is 25.3 Å². The van der Waals surface area contributed by atoms with Crippen LogP contribution in [0.5, 0.6) is 5.75 Å². The molecule has 1 amide bonds. The molecule has 3 rings (SSSR count). The van der Waals surface area contributed by atoms with E-state index in [0.717, 1.165) is 11.1 Å². The van der Waals surface area contributed by atoms with Crippen molar-refractivity contribution >= 4 is 5.91 Å². The topological polar surface area (TPSA) is 62.8 Å². The smallest absolute Gasteiger partial charge is 0.402 e. The number of halogens is 3. The lowest BCUT2D eigenvalue weighted by atomic mass is 9.95. The standard InChI is InChI=1S/C16H20F3N3O3/c1-24-4-5-25-12-3-2-10-8-22(9-11(10)6-12)13-7-20-21-15(23)14(13)16(17,18)19/h2-3,6,13-14,20H,4-5,7-9H2,1H3,(H,21,23). The lowest BCUT2D eigenvalue weighted by Gasteiger charge is -2.38. The predicted molar refractivity (Wildman–Crippen MR) is 82.5 cm³/mol. The highest BCUT2D eigenvalue weighted by Crippen LogP contribution is 2.36. The summed E-state index contributed by atoms with van der Waals surface area (Å²) in [5, 5.41) is 0. The minimum absolute atomic E-state index is 0.0428. The maximum absolute atomic E-state index is 13.3. The van der Waals surface area contributed by atoms with Crippen LogP contribution in [0.15, 0.2) is 18.2 Å². The van der Waals surface area contributed by atoms with Crippen LogP contribution >= 0.6 is 0 Å². The van der Waals surface area contributed by atoms with E-state index in [9.17, 15) is 18.0 Å². The van der Waals surface area contributed by atoms with Gasteiger partial charge in [-0.15, -0.1) is 0 Å². The summed E-state index contributed by atoms with van der Waals surface area (Å²) in [5.74, 6) is -2.42. The van der Waals surface area contributed by atoms with Crippen LogP contribution in [0.2, 0.25) is 0 Å². The quantitative estimate of drug-likeness (QED) is 0.774. The summed E-state index contributed by atoms with van der Waals surface area (Å²) in [7, 11) is 1.58. The molecule has 0 spiro atoms. The molecular formula is C16H20F3N3O3. The van der Waals surface area contributed by atoms with Crippen molar-refractivity contribution in [3.05, 3.63) is 29.3 Å². The van der Waals surface area contributed by atoms with Crippen LogP contribution in [0.1, 0.15) is 11.1 Å². The number of methoxy groups -OCH3 is 1. The Hall–Kier alpha value is -1.84. The molecule has 138 valence electrons. The second-order valence-electron chi connectivity index (χ2n) is 6.13. The second kappa shape index (κ2) is 7.19. The number of benzene rings is 1. The number of rotatable bonds is 5. The van der Waals surface area contributed by atoms with Gasteiger partial charge in [-0.05, 0) is 23.3 Å². The van der Waals surface area contributed by atoms with Crippen molar-refractivity contribution in [3.63, 3.8) is 0 Å². The Morgan fingerprint density at radius 3 is 2.72 bits per heavy atom. The zero-order chi connectivity index (χ0) is 18.0. The number of nitrogens with zero attached hydrogens (tertiary/aromatic N) is 1. The van der Waals surface area contributed by atoms with Gasteiger partial charge in [-0.1, -0.05) is 6.07 Å². The van der Waals surface area contributed by atoms with E-state index in [1.807, 2.05) is 12.1 Å². The number of carbonyl (C=O) groups is 1. The highest BCUT2D eigenvalue weighted by molar-refractivity contribution is 5.80. The Morgan fingerprint density at radius 2 is 2.00 bits per heavy atom. The molecule has 2 unspecified atom stereocenters. The number of hydrogen-bond acceptors (Lipinski definition) is 5. The maximum Gasteiger partial charge on any atom is 0.402 e. The van der Waals surface area contributed by atoms with Crippen LogP contribution in [0.3, 0.4) is 0 Å². The molecule has 1 aromatic rings. The Kier molecular flexibility index (Phi) is 5.16. The highest BCUT2D eigenvalue weighted by Gasteiger charge is 2.53. The molecule has 25 heavy (non-hydrogen) atoms. The number of ether oxygens (including phenoxy) is 2. The molecule has 0 saturated carbocycles. The van der Waals surface area contributed by atoms with E-state index >= 15 is 0 Å². The van der Waals surface area contributed by atoms with E-state index in [2.05, 4.69) is 10.9 Å². The zero-order valence-electron chi connectivity index (χ0n) is 13.7. The third-order valence-electron chi connectivity index (χ3n) is 4.49. The molecule has 2 N–H and O–H groups in total. The number of fused-ring (bicyclic) bond motifs is 1. The summed E-state index contributed by atoms with van der Waals surface area (Å²) in [6, 6.07) is 4.55. The highest BCUT2D eigenvalue weighted by atomic mass is 19.4. The van der Waals surface area contributed by atoms with E-state index in [1.54, 1.807) is 18.1 Å². The van der Waals surface area contributed by atoms with Gasteiger partial charge in [0.05, 0.1) is 6.61 Å². The summed E-state index contributed by atoms with van der Waals surface area (Å²) in [5.41, 5.74) is 6.51. The molecular weight excluding hydrogens is 339 g/mol. The largest absolute Gasteiger partial charge is 0.491 e. The van der Waals surface area contributed by atoms with Crippen LogP contribution < -0.4 is 15.6 Å². The summed E-state index contributed by atoms with van der Waals surface area (Å²) < 4.78 is 50.4. The van der Waals surface area contributed by atoms with Gasteiger partial charge in [0.15, 0.2) is 5.92 Å². The summed E-state index contributed by atoms with van der Waals surface area (Å²) in [6.45, 7) is 1.63. The average molecular weight is 359 g/mol. The minimum Gasteiger partial charge on any atom is -0.491 e. The monoisotopic (exact) mass is 359 g/mol. The van der Waals surface area contributed by atoms with Crippen LogP contribution in [0, 0.1) is 5.92 Å². The Morgan fingerprint density at radius 1 is 1.24 bits per heavy atom. The van der Waals surface area contributed by atoms with E-state index in [4.69, 9.17) is 9.47 Å². The Labute approximate surface area is 143 Å². The van der Waals surface area contributed by atoms with E-state index in [1.165, 1.54) is 0 Å². The predicted octanol–water partition coefficient (Wildman–Crippen LogP) is 1.21. The fourth-order valence-electron chi connectivity index (χ4n) is 3.28. The number of alkyl halides is 3. The first-order valence-corrected chi connectivity index (χ1v) is 7.97. The molecule has 1 fully saturated rings. The third-order valence-corrected chi connectivity index (χ3v) is 4.49. The molecule has 9 heteroatoms. The summed E-state index contributed by atoms with van der Waals surface area (Å²) in [4.78, 5) is 13.4. The second-order valence-corrected chi connectivity index (χ2v) is 6.13. The number of hydrazine groups is 1. The minimum atomic E-state index is -4.58. The Bertz CT molecular complexity index is 639. The first-order valence-electron chi connectivity index (χ1n) is 7.97. The van der Waals surface area contributed by atoms with Gasteiger partial charge in [-0.2, -0.15) is 13.2 Å². The number of nitrogens with one attached hydrogen (secondary N) is 2. The van der Waals surface area contributed by atoms with Crippen molar-refractivity contribution < 1.29 is 27.4 Å². The normalized spacial score (nSPS) is 24.1. The number of amides is 1. The van der Waals surface area contributed by atoms with Gasteiger partial charge < -0.3 is 9.47 Å². The van der Waals surface area contributed by atoms with E-state index in [0.29, 0.717) is 32.1 Å². The first-order chi connectivity index (χ1) is 11.9. The fourth-order valence-corrected chi connectivity index (χ4v) is 3.28. The van der Waals surface area contributed by atoms with Crippen LogP contribution in [-0.2, 0) is 22.6 Å². The molecule has 2 aliphatic rings. The maximum atomic E-state index is 13.3. The number of carbonyl (C=O) groups excluding carboxylic acids is 1. The molecule has 2 heterocycles. The van der Waals surface area contributed by atoms with E-state index < -0.39 is 24.0 Å². The first kappa shape index (κ1) is 18.0. The molecule has 6 nitrogen and oxygen atoms in total. The molecule has 0 bridgehead atoms. The van der Waals surface area contributed by atoms with Crippen LogP contribution in [0.25, 0.3) is 0 Å². The van der Waals surface area contributed by atoms with Gasteiger partial charge in [0.2, 0.25) is 5.91 Å². The van der Waals surface area contributed by atoms with Gasteiger partial charge in [0, 0.05) is 32.8 Å². The molecule has 0 radical (unpaired) electrons. The van der Waals surface area contributed by atoms with Crippen molar-refractivity contribution in [2.75, 3.05) is 26.9 Å². The van der Waals surface area contributed by atoms with Crippen LogP contribution in [0.4, 0.5) is 13.2 Å². The lowest BCUT2D eigenvalue weighted by molar-refractivity contribution is -0.201. The van der Waals surface area contributed by atoms with Gasteiger partial charge in [-0.25, -0.2) is 5.43 Å². The molecule has 1 aromatic carbocycles. The van der Waals surface area contributed by atoms with Gasteiger partial charge in [-0.3, -0.25) is 15.1 Å². The average Bonchev–Trinajstić information content (AvgIpc) is 2.97. The molecule has 1 saturated heterocycles. The van der Waals surface area contributed by atoms with E-state index in [-0.39, 0.29) is 6.54 Å². The SMILES string of the molecule is COCCOc1ccc2c(c1)CN(C1CNNC(=O)C1C(F)(F)F)C2.